The number of hydrogen-bond donors (Lipinski definition) is 2. The number of hydrogen-bond acceptors (Lipinski definition) is 8. The van der Waals surface area contributed by atoms with Gasteiger partial charge in [-0.05, 0) is 71.3 Å². The van der Waals surface area contributed by atoms with E-state index in [1.807, 2.05) is 83.7 Å². The highest BCUT2D eigenvalue weighted by molar-refractivity contribution is 5.86. The van der Waals surface area contributed by atoms with E-state index in [1.54, 1.807) is 46.9 Å². The van der Waals surface area contributed by atoms with Gasteiger partial charge in [-0.3, -0.25) is 14.4 Å². The first kappa shape index (κ1) is 44.2. The van der Waals surface area contributed by atoms with Crippen molar-refractivity contribution in [3.05, 3.63) is 35.9 Å². The standard InChI is InChI=1S/C41H68N4O8/c1-14-26(4)34(44(11)38(48)33(25(2)3)43-39(49)53-40(6,7)8)31(50-12)24-32(46)45-22-18-21-30(45)35(51-13)27(5)37(47)42-29(36-41(9,10)52-36)23-28-19-16-15-17-20-28/h15-17,19-20,25-27,29-31,33-36H,14,18,21-24H2,1-13H3,(H,42,47)(H,43,49). The first-order valence-electron chi connectivity index (χ1n) is 19.4. The number of methoxy groups -OCH3 is 2. The SMILES string of the molecule is CCC(C)C(C(CC(=O)N1CCCC1C(OC)C(C)C(=O)NC(Cc1ccccc1)C1OC1(C)C)OC)N(C)C(=O)C(NC(=O)OC(C)(C)C)C(C)C. The third kappa shape index (κ3) is 11.9. The number of amides is 4. The molecule has 0 spiro atoms. The highest BCUT2D eigenvalue weighted by atomic mass is 16.6. The lowest BCUT2D eigenvalue weighted by molar-refractivity contribution is -0.147. The minimum Gasteiger partial charge on any atom is -0.444 e. The van der Waals surface area contributed by atoms with Crippen molar-refractivity contribution < 1.29 is 38.1 Å². The van der Waals surface area contributed by atoms with Gasteiger partial charge in [0.05, 0.1) is 48.3 Å². The molecule has 9 unspecified atom stereocenters. The van der Waals surface area contributed by atoms with Crippen LogP contribution in [0.1, 0.15) is 100 Å². The molecule has 4 amide bonds. The van der Waals surface area contributed by atoms with E-state index in [2.05, 4.69) is 10.6 Å². The fraction of sp³-hybridized carbons (Fsp3) is 0.756. The maximum Gasteiger partial charge on any atom is 0.408 e. The Kier molecular flexibility index (Phi) is 15.7. The number of likely N-dealkylation sites (N-methyl/N-ethyl adjacent to an activating group) is 1. The molecule has 1 aromatic carbocycles. The number of ether oxygens (including phenoxy) is 4. The van der Waals surface area contributed by atoms with Crippen molar-refractivity contribution in [2.45, 2.75) is 155 Å². The number of nitrogens with zero attached hydrogens (tertiary/aromatic N) is 2. The van der Waals surface area contributed by atoms with Crippen molar-refractivity contribution >= 4 is 23.8 Å². The third-order valence-corrected chi connectivity index (χ3v) is 10.9. The first-order valence-corrected chi connectivity index (χ1v) is 19.4. The largest absolute Gasteiger partial charge is 0.444 e. The summed E-state index contributed by atoms with van der Waals surface area (Å²) in [6.07, 6.45) is 0.968. The highest BCUT2D eigenvalue weighted by Crippen LogP contribution is 2.39. The normalized spacial score (nSPS) is 22.2. The summed E-state index contributed by atoms with van der Waals surface area (Å²) in [7, 11) is 4.87. The molecule has 53 heavy (non-hydrogen) atoms. The van der Waals surface area contributed by atoms with Crippen molar-refractivity contribution in [2.24, 2.45) is 17.8 Å². The van der Waals surface area contributed by atoms with Crippen LogP contribution >= 0.6 is 0 Å². The molecule has 9 atom stereocenters. The van der Waals surface area contributed by atoms with Crippen LogP contribution in [0, 0.1) is 17.8 Å². The summed E-state index contributed by atoms with van der Waals surface area (Å²) in [6, 6.07) is 8.24. The molecule has 12 nitrogen and oxygen atoms in total. The van der Waals surface area contributed by atoms with Crippen LogP contribution in [0.2, 0.25) is 0 Å². The number of nitrogens with one attached hydrogen (secondary N) is 2. The van der Waals surface area contributed by atoms with Crippen molar-refractivity contribution in [1.29, 1.82) is 0 Å². The molecular formula is C41H68N4O8. The number of benzene rings is 1. The maximum absolute atomic E-state index is 14.2. The number of carbonyl (C=O) groups excluding carboxylic acids is 4. The van der Waals surface area contributed by atoms with Gasteiger partial charge in [-0.25, -0.2) is 4.79 Å². The molecule has 0 aromatic heterocycles. The molecule has 2 fully saturated rings. The summed E-state index contributed by atoms with van der Waals surface area (Å²) < 4.78 is 23.5. The lowest BCUT2D eigenvalue weighted by Crippen LogP contribution is -2.58. The molecule has 2 heterocycles. The lowest BCUT2D eigenvalue weighted by Gasteiger charge is -2.40. The van der Waals surface area contributed by atoms with Crippen molar-refractivity contribution in [2.75, 3.05) is 27.8 Å². The molecule has 2 aliphatic heterocycles. The second-order valence-electron chi connectivity index (χ2n) is 16.9. The van der Waals surface area contributed by atoms with Crippen LogP contribution in [-0.2, 0) is 39.8 Å². The molecule has 2 N–H and O–H groups in total. The van der Waals surface area contributed by atoms with Gasteiger partial charge in [-0.2, -0.15) is 0 Å². The molecule has 0 radical (unpaired) electrons. The Morgan fingerprint density at radius 3 is 2.15 bits per heavy atom. The van der Waals surface area contributed by atoms with Crippen molar-refractivity contribution in [3.63, 3.8) is 0 Å². The number of epoxide rings is 1. The average Bonchev–Trinajstić information content (AvgIpc) is 3.46. The van der Waals surface area contributed by atoms with Crippen LogP contribution in [0.4, 0.5) is 4.79 Å². The summed E-state index contributed by atoms with van der Waals surface area (Å²) in [5.41, 5.74) is 0.0766. The minimum atomic E-state index is -0.836. The lowest BCUT2D eigenvalue weighted by atomic mass is 9.89. The Balaban J connectivity index is 1.76. The van der Waals surface area contributed by atoms with Crippen LogP contribution in [0.3, 0.4) is 0 Å². The number of carbonyl (C=O) groups is 4. The Bertz CT molecular complexity index is 1370. The molecule has 0 saturated carbocycles. The van der Waals surface area contributed by atoms with Gasteiger partial charge in [0.15, 0.2) is 0 Å². The number of rotatable bonds is 18. The van der Waals surface area contributed by atoms with Gasteiger partial charge in [0, 0.05) is 27.8 Å². The van der Waals surface area contributed by atoms with E-state index in [0.717, 1.165) is 18.4 Å². The number of alkyl carbamates (subject to hydrolysis) is 1. The van der Waals surface area contributed by atoms with Crippen LogP contribution < -0.4 is 10.6 Å². The molecule has 300 valence electrons. The van der Waals surface area contributed by atoms with Crippen LogP contribution in [0.15, 0.2) is 30.3 Å². The Morgan fingerprint density at radius 1 is 1.02 bits per heavy atom. The van der Waals surface area contributed by atoms with Gasteiger partial charge in [0.25, 0.3) is 0 Å². The topological polar surface area (TPSA) is 139 Å². The maximum atomic E-state index is 14.2. The highest BCUT2D eigenvalue weighted by Gasteiger charge is 2.53. The van der Waals surface area contributed by atoms with E-state index in [0.29, 0.717) is 19.4 Å². The van der Waals surface area contributed by atoms with Crippen LogP contribution in [0.25, 0.3) is 0 Å². The zero-order valence-electron chi connectivity index (χ0n) is 34.6. The predicted molar refractivity (Wildman–Crippen MR) is 205 cm³/mol. The van der Waals surface area contributed by atoms with Crippen LogP contribution in [-0.4, -0.2) is 115 Å². The summed E-state index contributed by atoms with van der Waals surface area (Å²) in [4.78, 5) is 58.3. The van der Waals surface area contributed by atoms with E-state index < -0.39 is 41.9 Å². The first-order chi connectivity index (χ1) is 24.8. The predicted octanol–water partition coefficient (Wildman–Crippen LogP) is 5.36. The Morgan fingerprint density at radius 2 is 1.64 bits per heavy atom. The van der Waals surface area contributed by atoms with E-state index in [9.17, 15) is 19.2 Å². The van der Waals surface area contributed by atoms with E-state index in [-0.39, 0.29) is 59.8 Å². The van der Waals surface area contributed by atoms with Gasteiger partial charge >= 0.3 is 6.09 Å². The second kappa shape index (κ2) is 18.9. The molecule has 12 heteroatoms. The Labute approximate surface area is 318 Å². The van der Waals surface area contributed by atoms with Gasteiger partial charge in [0.2, 0.25) is 17.7 Å². The van der Waals surface area contributed by atoms with Gasteiger partial charge < -0.3 is 39.4 Å². The second-order valence-corrected chi connectivity index (χ2v) is 16.9. The number of likely N-dealkylation sites (tertiary alicyclic amines) is 1. The van der Waals surface area contributed by atoms with Crippen molar-refractivity contribution in [1.82, 2.24) is 20.4 Å². The van der Waals surface area contributed by atoms with Crippen molar-refractivity contribution in [3.8, 4) is 0 Å². The van der Waals surface area contributed by atoms with Crippen LogP contribution in [0.5, 0.6) is 0 Å². The van der Waals surface area contributed by atoms with Gasteiger partial charge in [-0.15, -0.1) is 0 Å². The van der Waals surface area contributed by atoms with E-state index in [4.69, 9.17) is 18.9 Å². The summed E-state index contributed by atoms with van der Waals surface area (Å²) in [5.74, 6) is -1.33. The molecule has 1 aromatic rings. The average molecular weight is 745 g/mol. The van der Waals surface area contributed by atoms with E-state index in [1.165, 1.54) is 0 Å². The Hall–Kier alpha value is -3.22. The van der Waals surface area contributed by atoms with Gasteiger partial charge in [0.1, 0.15) is 17.7 Å². The zero-order valence-corrected chi connectivity index (χ0v) is 34.6. The molecule has 0 bridgehead atoms. The van der Waals surface area contributed by atoms with Gasteiger partial charge in [-0.1, -0.05) is 71.4 Å². The quantitative estimate of drug-likeness (QED) is 0.192. The van der Waals surface area contributed by atoms with E-state index >= 15 is 0 Å². The molecule has 3 rings (SSSR count). The molecular weight excluding hydrogens is 676 g/mol. The molecule has 2 aliphatic rings. The molecule has 0 aliphatic carbocycles. The summed E-state index contributed by atoms with van der Waals surface area (Å²) in [5, 5.41) is 6.03. The molecule has 2 saturated heterocycles. The fourth-order valence-corrected chi connectivity index (χ4v) is 7.75. The summed E-state index contributed by atoms with van der Waals surface area (Å²) >= 11 is 0. The minimum absolute atomic E-state index is 0.0230. The zero-order chi connectivity index (χ0) is 39.8. The monoisotopic (exact) mass is 745 g/mol. The third-order valence-electron chi connectivity index (χ3n) is 10.9. The summed E-state index contributed by atoms with van der Waals surface area (Å²) in [6.45, 7) is 19.6. The fourth-order valence-electron chi connectivity index (χ4n) is 7.75. The smallest absolute Gasteiger partial charge is 0.408 e.